The number of hydrogen-bond acceptors (Lipinski definition) is 6. The normalized spacial score (nSPS) is 21.1. The minimum Gasteiger partial charge on any atom is -0.338 e. The number of rotatable bonds is 4. The Hall–Kier alpha value is -3.13. The second-order valence-corrected chi connectivity index (χ2v) is 8.64. The van der Waals surface area contributed by atoms with Crippen molar-refractivity contribution in [1.29, 1.82) is 0 Å². The largest absolute Gasteiger partial charge is 0.338 e. The van der Waals surface area contributed by atoms with E-state index < -0.39 is 6.04 Å². The standard InChI is InChI=1S/C22H23N5O2S/c1-13-14(2)18(22(29)27(3)19-16(13)10-7-11-23-19)24-20(28)21-26-25-17(30-21)12-15-8-5-4-6-9-15/h4-11,13-14,18H,12H2,1-3H3,(H,24,28)/t13-,14+,18+/m1/s1. The fraction of sp³-hybridized carbons (Fsp3) is 0.318. The van der Waals surface area contributed by atoms with E-state index in [2.05, 4.69) is 27.4 Å². The second kappa shape index (κ2) is 8.31. The highest BCUT2D eigenvalue weighted by Crippen LogP contribution is 2.36. The van der Waals surface area contributed by atoms with E-state index in [-0.39, 0.29) is 28.7 Å². The fourth-order valence-electron chi connectivity index (χ4n) is 3.74. The van der Waals surface area contributed by atoms with Gasteiger partial charge in [-0.2, -0.15) is 0 Å². The number of fused-ring (bicyclic) bond motifs is 1. The van der Waals surface area contributed by atoms with Crippen LogP contribution in [-0.2, 0) is 11.2 Å². The van der Waals surface area contributed by atoms with Crippen LogP contribution in [0.2, 0.25) is 0 Å². The van der Waals surface area contributed by atoms with E-state index in [0.29, 0.717) is 12.2 Å². The number of nitrogens with zero attached hydrogens (tertiary/aromatic N) is 4. The molecule has 0 spiro atoms. The molecule has 8 heteroatoms. The van der Waals surface area contributed by atoms with Gasteiger partial charge in [0, 0.05) is 19.7 Å². The van der Waals surface area contributed by atoms with E-state index in [1.165, 1.54) is 16.2 Å². The first-order chi connectivity index (χ1) is 14.5. The van der Waals surface area contributed by atoms with Crippen molar-refractivity contribution >= 4 is 29.0 Å². The van der Waals surface area contributed by atoms with Crippen molar-refractivity contribution in [3.8, 4) is 0 Å². The third kappa shape index (κ3) is 3.82. The van der Waals surface area contributed by atoms with Gasteiger partial charge in [0.1, 0.15) is 16.9 Å². The molecule has 1 aliphatic heterocycles. The predicted octanol–water partition coefficient (Wildman–Crippen LogP) is 3.04. The molecule has 4 rings (SSSR count). The van der Waals surface area contributed by atoms with Gasteiger partial charge in [-0.1, -0.05) is 61.6 Å². The molecule has 30 heavy (non-hydrogen) atoms. The van der Waals surface area contributed by atoms with Crippen molar-refractivity contribution in [3.05, 3.63) is 69.8 Å². The summed E-state index contributed by atoms with van der Waals surface area (Å²) in [5.74, 6) is 0.0207. The maximum atomic E-state index is 13.1. The van der Waals surface area contributed by atoms with Crippen LogP contribution in [0.15, 0.2) is 48.7 Å². The van der Waals surface area contributed by atoms with Gasteiger partial charge >= 0.3 is 0 Å². The first-order valence-corrected chi connectivity index (χ1v) is 10.7. The molecule has 0 saturated heterocycles. The molecule has 3 heterocycles. The molecule has 7 nitrogen and oxygen atoms in total. The zero-order chi connectivity index (χ0) is 21.3. The first kappa shape index (κ1) is 20.2. The Labute approximate surface area is 179 Å². The van der Waals surface area contributed by atoms with E-state index >= 15 is 0 Å². The fourth-order valence-corrected chi connectivity index (χ4v) is 4.52. The van der Waals surface area contributed by atoms with Crippen LogP contribution in [-0.4, -0.2) is 40.1 Å². The highest BCUT2D eigenvalue weighted by molar-refractivity contribution is 7.13. The molecule has 0 unspecified atom stereocenters. The molecule has 0 bridgehead atoms. The minimum absolute atomic E-state index is 0.0518. The van der Waals surface area contributed by atoms with Crippen LogP contribution in [0.25, 0.3) is 0 Å². The summed E-state index contributed by atoms with van der Waals surface area (Å²) >= 11 is 1.25. The molecule has 3 atom stereocenters. The Balaban J connectivity index is 1.52. The van der Waals surface area contributed by atoms with Crippen molar-refractivity contribution in [3.63, 3.8) is 0 Å². The number of amides is 2. The van der Waals surface area contributed by atoms with Crippen molar-refractivity contribution in [1.82, 2.24) is 20.5 Å². The van der Waals surface area contributed by atoms with Crippen LogP contribution in [0, 0.1) is 5.92 Å². The molecule has 0 radical (unpaired) electrons. The summed E-state index contributed by atoms with van der Waals surface area (Å²) in [6.45, 7) is 4.03. The van der Waals surface area contributed by atoms with E-state index in [1.807, 2.05) is 49.4 Å². The van der Waals surface area contributed by atoms with E-state index in [0.717, 1.165) is 16.1 Å². The molecule has 0 aliphatic carbocycles. The van der Waals surface area contributed by atoms with Gasteiger partial charge in [0.2, 0.25) is 5.01 Å². The molecular formula is C22H23N5O2S. The molecule has 1 N–H and O–H groups in total. The zero-order valence-corrected chi connectivity index (χ0v) is 17.9. The molecule has 0 fully saturated rings. The van der Waals surface area contributed by atoms with Crippen LogP contribution in [0.1, 0.15) is 45.7 Å². The summed E-state index contributed by atoms with van der Waals surface area (Å²) in [5.41, 5.74) is 2.10. The third-order valence-corrected chi connectivity index (χ3v) is 6.60. The third-order valence-electron chi connectivity index (χ3n) is 5.68. The predicted molar refractivity (Wildman–Crippen MR) is 116 cm³/mol. The summed E-state index contributed by atoms with van der Waals surface area (Å²) in [5, 5.41) is 12.1. The van der Waals surface area contributed by atoms with Gasteiger partial charge < -0.3 is 5.32 Å². The molecule has 3 aromatic rings. The maximum Gasteiger partial charge on any atom is 0.282 e. The summed E-state index contributed by atoms with van der Waals surface area (Å²) in [4.78, 5) is 31.9. The zero-order valence-electron chi connectivity index (χ0n) is 17.1. The van der Waals surface area contributed by atoms with Crippen molar-refractivity contribution in [2.24, 2.45) is 5.92 Å². The second-order valence-electron chi connectivity index (χ2n) is 7.58. The number of pyridine rings is 1. The molecule has 1 aromatic carbocycles. The van der Waals surface area contributed by atoms with Gasteiger partial charge in [-0.15, -0.1) is 10.2 Å². The highest BCUT2D eigenvalue weighted by Gasteiger charge is 2.39. The van der Waals surface area contributed by atoms with Crippen LogP contribution in [0.5, 0.6) is 0 Å². The monoisotopic (exact) mass is 421 g/mol. The topological polar surface area (TPSA) is 88.1 Å². The number of aromatic nitrogens is 3. The van der Waals surface area contributed by atoms with E-state index in [1.54, 1.807) is 13.2 Å². The smallest absolute Gasteiger partial charge is 0.282 e. The molecule has 2 aromatic heterocycles. The van der Waals surface area contributed by atoms with Crippen LogP contribution >= 0.6 is 11.3 Å². The van der Waals surface area contributed by atoms with E-state index in [4.69, 9.17) is 0 Å². The number of carbonyl (C=O) groups is 2. The van der Waals surface area contributed by atoms with Gasteiger partial charge in [-0.05, 0) is 29.0 Å². The molecular weight excluding hydrogens is 398 g/mol. The first-order valence-electron chi connectivity index (χ1n) is 9.85. The number of hydrogen-bond donors (Lipinski definition) is 1. The molecule has 1 aliphatic rings. The lowest BCUT2D eigenvalue weighted by molar-refractivity contribution is -0.121. The summed E-state index contributed by atoms with van der Waals surface area (Å²) in [6.07, 6.45) is 2.29. The average Bonchev–Trinajstić information content (AvgIpc) is 3.22. The summed E-state index contributed by atoms with van der Waals surface area (Å²) in [7, 11) is 1.70. The Kier molecular flexibility index (Phi) is 5.59. The number of carbonyl (C=O) groups excluding carboxylic acids is 2. The van der Waals surface area contributed by atoms with Gasteiger partial charge in [0.05, 0.1) is 0 Å². The molecule has 0 saturated carbocycles. The average molecular weight is 422 g/mol. The van der Waals surface area contributed by atoms with Crippen LogP contribution < -0.4 is 10.2 Å². The number of benzene rings is 1. The Morgan fingerprint density at radius 1 is 1.13 bits per heavy atom. The number of likely N-dealkylation sites (N-methyl/N-ethyl adjacent to an activating group) is 1. The quantitative estimate of drug-likeness (QED) is 0.700. The van der Waals surface area contributed by atoms with Gasteiger partial charge in [-0.25, -0.2) is 4.98 Å². The molecule has 2 amide bonds. The minimum atomic E-state index is -0.673. The highest BCUT2D eigenvalue weighted by atomic mass is 32.1. The van der Waals surface area contributed by atoms with Gasteiger partial charge in [0.15, 0.2) is 0 Å². The van der Waals surface area contributed by atoms with Crippen molar-refractivity contribution in [2.45, 2.75) is 32.2 Å². The summed E-state index contributed by atoms with van der Waals surface area (Å²) < 4.78 is 0. The number of nitrogens with one attached hydrogen (secondary N) is 1. The van der Waals surface area contributed by atoms with Crippen LogP contribution in [0.4, 0.5) is 5.82 Å². The maximum absolute atomic E-state index is 13.1. The van der Waals surface area contributed by atoms with Crippen molar-refractivity contribution < 1.29 is 9.59 Å². The lowest BCUT2D eigenvalue weighted by atomic mass is 9.85. The lowest BCUT2D eigenvalue weighted by Gasteiger charge is -2.26. The Bertz CT molecular complexity index is 1070. The van der Waals surface area contributed by atoms with E-state index in [9.17, 15) is 9.59 Å². The van der Waals surface area contributed by atoms with Crippen LogP contribution in [0.3, 0.4) is 0 Å². The lowest BCUT2D eigenvalue weighted by Crippen LogP contribution is -2.50. The number of anilines is 1. The Morgan fingerprint density at radius 3 is 2.67 bits per heavy atom. The van der Waals surface area contributed by atoms with Crippen molar-refractivity contribution in [2.75, 3.05) is 11.9 Å². The Morgan fingerprint density at radius 2 is 1.90 bits per heavy atom. The van der Waals surface area contributed by atoms with Gasteiger partial charge in [0.25, 0.3) is 11.8 Å². The van der Waals surface area contributed by atoms with Gasteiger partial charge in [-0.3, -0.25) is 14.5 Å². The summed E-state index contributed by atoms with van der Waals surface area (Å²) in [6, 6.07) is 13.1. The SMILES string of the molecule is C[C@@H]1[C@H](NC(=O)c2nnc(Cc3ccccc3)s2)C(=O)N(C)c2ncccc2[C@@H]1C. The molecule has 154 valence electrons.